The molecule has 0 aliphatic heterocycles. The van der Waals surface area contributed by atoms with Crippen LogP contribution in [0.2, 0.25) is 0 Å². The molecule has 3 heteroatoms. The Morgan fingerprint density at radius 3 is 2.38 bits per heavy atom. The van der Waals surface area contributed by atoms with Gasteiger partial charge in [-0.25, -0.2) is 4.39 Å². The molecule has 1 atom stereocenters. The van der Waals surface area contributed by atoms with Gasteiger partial charge in [-0.1, -0.05) is 43.6 Å². The first kappa shape index (κ1) is 13.7. The van der Waals surface area contributed by atoms with Gasteiger partial charge in [0, 0.05) is 10.5 Å². The van der Waals surface area contributed by atoms with Crippen LogP contribution >= 0.6 is 15.9 Å². The SMILES string of the molecule is CCNC(c1cc(F)cc(Br)c1)C(C)(C)C. The summed E-state index contributed by atoms with van der Waals surface area (Å²) in [5.41, 5.74) is 1.05. The Labute approximate surface area is 106 Å². The fourth-order valence-corrected chi connectivity index (χ4v) is 2.35. The lowest BCUT2D eigenvalue weighted by molar-refractivity contribution is 0.276. The molecule has 0 saturated carbocycles. The Balaban J connectivity index is 3.10. The van der Waals surface area contributed by atoms with Crippen molar-refractivity contribution in [2.45, 2.75) is 33.7 Å². The van der Waals surface area contributed by atoms with Gasteiger partial charge in [-0.2, -0.15) is 0 Å². The van der Waals surface area contributed by atoms with Crippen molar-refractivity contribution >= 4 is 15.9 Å². The second-order valence-electron chi connectivity index (χ2n) is 5.06. The van der Waals surface area contributed by atoms with Crippen molar-refractivity contribution in [2.24, 2.45) is 5.41 Å². The van der Waals surface area contributed by atoms with Gasteiger partial charge in [0.05, 0.1) is 0 Å². The van der Waals surface area contributed by atoms with Gasteiger partial charge >= 0.3 is 0 Å². The molecule has 0 amide bonds. The highest BCUT2D eigenvalue weighted by atomic mass is 79.9. The molecule has 1 nitrogen and oxygen atoms in total. The average Bonchev–Trinajstić information content (AvgIpc) is 2.10. The molecule has 0 spiro atoms. The molecular formula is C13H19BrFN. The zero-order valence-electron chi connectivity index (χ0n) is 10.3. The fourth-order valence-electron chi connectivity index (χ4n) is 1.87. The van der Waals surface area contributed by atoms with Gasteiger partial charge in [0.2, 0.25) is 0 Å². The van der Waals surface area contributed by atoms with Crippen molar-refractivity contribution in [3.63, 3.8) is 0 Å². The lowest BCUT2D eigenvalue weighted by Crippen LogP contribution is -2.32. The Hall–Kier alpha value is -0.410. The molecule has 0 aromatic heterocycles. The molecule has 1 rings (SSSR count). The Kier molecular flexibility index (Phi) is 4.51. The number of halogens is 2. The summed E-state index contributed by atoms with van der Waals surface area (Å²) in [6, 6.07) is 5.21. The zero-order chi connectivity index (χ0) is 12.3. The molecular weight excluding hydrogens is 269 g/mol. The van der Waals surface area contributed by atoms with E-state index in [2.05, 4.69) is 48.9 Å². The van der Waals surface area contributed by atoms with Crippen LogP contribution in [0.25, 0.3) is 0 Å². The van der Waals surface area contributed by atoms with Gasteiger partial charge in [-0.05, 0) is 35.7 Å². The highest BCUT2D eigenvalue weighted by Gasteiger charge is 2.25. The molecule has 1 unspecified atom stereocenters. The monoisotopic (exact) mass is 287 g/mol. The first-order valence-corrected chi connectivity index (χ1v) is 6.33. The Morgan fingerprint density at radius 2 is 1.94 bits per heavy atom. The van der Waals surface area contributed by atoms with Crippen LogP contribution in [0.3, 0.4) is 0 Å². The maximum Gasteiger partial charge on any atom is 0.124 e. The fraction of sp³-hybridized carbons (Fsp3) is 0.538. The predicted octanol–water partition coefficient (Wildman–Crippen LogP) is 4.28. The topological polar surface area (TPSA) is 12.0 Å². The molecule has 1 aromatic rings. The largest absolute Gasteiger partial charge is 0.310 e. The van der Waals surface area contributed by atoms with Crippen molar-refractivity contribution in [1.82, 2.24) is 5.32 Å². The summed E-state index contributed by atoms with van der Waals surface area (Å²) in [6.45, 7) is 9.39. The van der Waals surface area contributed by atoms with Crippen molar-refractivity contribution < 1.29 is 4.39 Å². The van der Waals surface area contributed by atoms with E-state index >= 15 is 0 Å². The number of nitrogens with one attached hydrogen (secondary N) is 1. The van der Waals surface area contributed by atoms with Gasteiger partial charge in [0.1, 0.15) is 5.82 Å². The first-order chi connectivity index (χ1) is 7.34. The van der Waals surface area contributed by atoms with Crippen LogP contribution in [-0.4, -0.2) is 6.54 Å². The van der Waals surface area contributed by atoms with Crippen LogP contribution in [0.4, 0.5) is 4.39 Å². The number of hydrogen-bond acceptors (Lipinski definition) is 1. The van der Waals surface area contributed by atoms with Gasteiger partial charge in [0.15, 0.2) is 0 Å². The summed E-state index contributed by atoms with van der Waals surface area (Å²) in [5.74, 6) is -0.198. The minimum Gasteiger partial charge on any atom is -0.310 e. The van der Waals surface area contributed by atoms with Crippen LogP contribution in [0.15, 0.2) is 22.7 Å². The summed E-state index contributed by atoms with van der Waals surface area (Å²) in [7, 11) is 0. The summed E-state index contributed by atoms with van der Waals surface area (Å²) >= 11 is 3.33. The van der Waals surface area contributed by atoms with E-state index < -0.39 is 0 Å². The van der Waals surface area contributed by atoms with E-state index in [0.29, 0.717) is 0 Å². The van der Waals surface area contributed by atoms with Gasteiger partial charge in [-0.3, -0.25) is 0 Å². The quantitative estimate of drug-likeness (QED) is 0.875. The van der Waals surface area contributed by atoms with E-state index in [1.807, 2.05) is 6.07 Å². The van der Waals surface area contributed by atoms with Gasteiger partial charge < -0.3 is 5.32 Å². The summed E-state index contributed by atoms with van der Waals surface area (Å²) in [4.78, 5) is 0. The van der Waals surface area contributed by atoms with Crippen LogP contribution in [0.5, 0.6) is 0 Å². The molecule has 0 bridgehead atoms. The third-order valence-electron chi connectivity index (χ3n) is 2.49. The molecule has 0 heterocycles. The van der Waals surface area contributed by atoms with Gasteiger partial charge in [-0.15, -0.1) is 0 Å². The first-order valence-electron chi connectivity index (χ1n) is 5.54. The second-order valence-corrected chi connectivity index (χ2v) is 5.98. The van der Waals surface area contributed by atoms with E-state index in [1.165, 1.54) is 6.07 Å². The highest BCUT2D eigenvalue weighted by Crippen LogP contribution is 2.34. The second kappa shape index (κ2) is 5.28. The summed E-state index contributed by atoms with van der Waals surface area (Å²) < 4.78 is 14.1. The Morgan fingerprint density at radius 1 is 1.31 bits per heavy atom. The standard InChI is InChI=1S/C13H19BrFN/c1-5-16-12(13(2,3)4)9-6-10(14)8-11(15)7-9/h6-8,12,16H,5H2,1-4H3. The minimum absolute atomic E-state index is 0.0588. The molecule has 0 aliphatic rings. The smallest absolute Gasteiger partial charge is 0.124 e. The Bertz CT molecular complexity index is 337. The third kappa shape index (κ3) is 3.56. The zero-order valence-corrected chi connectivity index (χ0v) is 11.9. The summed E-state index contributed by atoms with van der Waals surface area (Å²) in [5, 5.41) is 3.41. The lowest BCUT2D eigenvalue weighted by atomic mass is 9.82. The van der Waals surface area contributed by atoms with Gasteiger partial charge in [0.25, 0.3) is 0 Å². The third-order valence-corrected chi connectivity index (χ3v) is 2.95. The van der Waals surface area contributed by atoms with Crippen LogP contribution < -0.4 is 5.32 Å². The maximum atomic E-state index is 13.4. The number of rotatable bonds is 3. The van der Waals surface area contributed by atoms with Crippen LogP contribution in [0, 0.1) is 11.2 Å². The molecule has 1 aromatic carbocycles. The van der Waals surface area contributed by atoms with E-state index in [0.717, 1.165) is 16.6 Å². The van der Waals surface area contributed by atoms with E-state index in [1.54, 1.807) is 6.07 Å². The lowest BCUT2D eigenvalue weighted by Gasteiger charge is -2.32. The van der Waals surface area contributed by atoms with E-state index in [9.17, 15) is 4.39 Å². The minimum atomic E-state index is -0.198. The molecule has 0 saturated heterocycles. The van der Waals surface area contributed by atoms with Crippen molar-refractivity contribution in [2.75, 3.05) is 6.54 Å². The molecule has 0 fully saturated rings. The predicted molar refractivity (Wildman–Crippen MR) is 70.0 cm³/mol. The molecule has 0 radical (unpaired) electrons. The van der Waals surface area contributed by atoms with E-state index in [4.69, 9.17) is 0 Å². The average molecular weight is 288 g/mol. The number of hydrogen-bond donors (Lipinski definition) is 1. The van der Waals surface area contributed by atoms with Crippen molar-refractivity contribution in [3.8, 4) is 0 Å². The maximum absolute atomic E-state index is 13.4. The van der Waals surface area contributed by atoms with Crippen LogP contribution in [-0.2, 0) is 0 Å². The van der Waals surface area contributed by atoms with Crippen molar-refractivity contribution in [3.05, 3.63) is 34.1 Å². The molecule has 1 N–H and O–H groups in total. The van der Waals surface area contributed by atoms with Crippen molar-refractivity contribution in [1.29, 1.82) is 0 Å². The number of benzene rings is 1. The highest BCUT2D eigenvalue weighted by molar-refractivity contribution is 9.10. The molecule has 16 heavy (non-hydrogen) atoms. The van der Waals surface area contributed by atoms with E-state index in [-0.39, 0.29) is 17.3 Å². The summed E-state index contributed by atoms with van der Waals surface area (Å²) in [6.07, 6.45) is 0. The molecule has 90 valence electrons. The normalized spacial score (nSPS) is 13.9. The molecule has 0 aliphatic carbocycles. The van der Waals surface area contributed by atoms with Crippen LogP contribution in [0.1, 0.15) is 39.3 Å².